The molecule has 7 nitrogen and oxygen atoms in total. The molecule has 1 atom stereocenters. The van der Waals surface area contributed by atoms with Gasteiger partial charge < -0.3 is 20.3 Å². The molecule has 0 aromatic heterocycles. The molecule has 0 saturated carbocycles. The smallest absolute Gasteiger partial charge is 0.408 e. The van der Waals surface area contributed by atoms with Crippen molar-refractivity contribution in [3.63, 3.8) is 0 Å². The van der Waals surface area contributed by atoms with E-state index in [1.807, 2.05) is 52.0 Å². The number of ether oxygens (including phenoxy) is 1. The molecule has 0 radical (unpaired) electrons. The number of carbonyl (C=O) groups is 3. The van der Waals surface area contributed by atoms with Gasteiger partial charge in [-0.2, -0.15) is 0 Å². The van der Waals surface area contributed by atoms with Crippen molar-refractivity contribution in [2.24, 2.45) is 0 Å². The van der Waals surface area contributed by atoms with E-state index in [4.69, 9.17) is 4.74 Å². The Bertz CT molecular complexity index is 758. The quantitative estimate of drug-likeness (QED) is 0.665. The molecule has 1 aromatic carbocycles. The number of rotatable bonds is 7. The van der Waals surface area contributed by atoms with E-state index < -0.39 is 29.2 Å². The van der Waals surface area contributed by atoms with Gasteiger partial charge in [-0.15, -0.1) is 6.58 Å². The van der Waals surface area contributed by atoms with Crippen LogP contribution in [0.4, 0.5) is 4.79 Å². The third-order valence-corrected chi connectivity index (χ3v) is 3.88. The number of alkyl carbamates (subject to hydrolysis) is 1. The van der Waals surface area contributed by atoms with Crippen molar-refractivity contribution < 1.29 is 19.1 Å². The van der Waals surface area contributed by atoms with Crippen LogP contribution >= 0.6 is 0 Å². The van der Waals surface area contributed by atoms with Gasteiger partial charge >= 0.3 is 6.09 Å². The summed E-state index contributed by atoms with van der Waals surface area (Å²) < 4.78 is 5.18. The summed E-state index contributed by atoms with van der Waals surface area (Å²) in [7, 11) is 0. The molecular weight excluding hydrogens is 382 g/mol. The lowest BCUT2D eigenvalue weighted by Gasteiger charge is -2.33. The van der Waals surface area contributed by atoms with Crippen molar-refractivity contribution in [3.8, 4) is 0 Å². The second-order valence-electron chi connectivity index (χ2n) is 9.24. The van der Waals surface area contributed by atoms with Crippen LogP contribution in [0.25, 0.3) is 0 Å². The van der Waals surface area contributed by atoms with Crippen LogP contribution in [0, 0.1) is 6.92 Å². The second kappa shape index (κ2) is 10.3. The van der Waals surface area contributed by atoms with Gasteiger partial charge in [0.15, 0.2) is 0 Å². The van der Waals surface area contributed by atoms with Crippen LogP contribution < -0.4 is 10.6 Å². The zero-order valence-corrected chi connectivity index (χ0v) is 19.2. The third kappa shape index (κ3) is 8.68. The Morgan fingerprint density at radius 3 is 2.13 bits per heavy atom. The number of aryl methyl sites for hydroxylation is 1. The molecule has 7 heteroatoms. The molecule has 0 fully saturated rings. The average Bonchev–Trinajstić information content (AvgIpc) is 2.57. The molecule has 0 saturated heterocycles. The van der Waals surface area contributed by atoms with E-state index in [1.165, 1.54) is 4.90 Å². The van der Waals surface area contributed by atoms with E-state index in [0.717, 1.165) is 5.56 Å². The fraction of sp³-hybridized carbons (Fsp3) is 0.522. The van der Waals surface area contributed by atoms with Gasteiger partial charge in [-0.25, -0.2) is 4.79 Å². The first-order valence-electron chi connectivity index (χ1n) is 9.99. The van der Waals surface area contributed by atoms with Crippen LogP contribution in [-0.2, 0) is 14.3 Å². The highest BCUT2D eigenvalue weighted by molar-refractivity contribution is 5.90. The molecule has 3 amide bonds. The Hall–Kier alpha value is -2.83. The van der Waals surface area contributed by atoms with Crippen molar-refractivity contribution in [2.75, 3.05) is 13.1 Å². The molecule has 0 aliphatic rings. The Kier molecular flexibility index (Phi) is 8.63. The number of nitrogens with zero attached hydrogens (tertiary/aromatic N) is 1. The van der Waals surface area contributed by atoms with Gasteiger partial charge in [-0.1, -0.05) is 35.9 Å². The minimum atomic E-state index is -0.865. The Morgan fingerprint density at radius 1 is 1.10 bits per heavy atom. The Morgan fingerprint density at radius 2 is 1.67 bits per heavy atom. The third-order valence-electron chi connectivity index (χ3n) is 3.88. The highest BCUT2D eigenvalue weighted by Crippen LogP contribution is 2.23. The lowest BCUT2D eigenvalue weighted by atomic mass is 10.0. The maximum absolute atomic E-state index is 13.1. The van der Waals surface area contributed by atoms with Gasteiger partial charge in [-0.05, 0) is 54.0 Å². The monoisotopic (exact) mass is 417 g/mol. The van der Waals surface area contributed by atoms with E-state index in [-0.39, 0.29) is 19.0 Å². The van der Waals surface area contributed by atoms with Crippen LogP contribution in [0.3, 0.4) is 0 Å². The highest BCUT2D eigenvalue weighted by Gasteiger charge is 2.32. The Labute approximate surface area is 179 Å². The van der Waals surface area contributed by atoms with Gasteiger partial charge in [-0.3, -0.25) is 9.59 Å². The Balaban J connectivity index is 3.15. The second-order valence-corrected chi connectivity index (χ2v) is 9.24. The molecule has 166 valence electrons. The van der Waals surface area contributed by atoms with Crippen LogP contribution in [0.1, 0.15) is 58.7 Å². The lowest BCUT2D eigenvalue weighted by molar-refractivity contribution is -0.140. The predicted molar refractivity (Wildman–Crippen MR) is 118 cm³/mol. The maximum Gasteiger partial charge on any atom is 0.408 e. The van der Waals surface area contributed by atoms with E-state index in [0.29, 0.717) is 5.56 Å². The average molecular weight is 418 g/mol. The standard InChI is InChI=1S/C23H35N3O4/c1-9-14-26(18(27)15-24-21(29)30-23(6,7)8)19(20(28)25-22(3,4)5)17-12-10-16(2)11-13-17/h9-13,19H,1,14-15H2,2-8H3,(H,24,29)(H,25,28). The summed E-state index contributed by atoms with van der Waals surface area (Å²) in [5, 5.41) is 5.40. The summed E-state index contributed by atoms with van der Waals surface area (Å²) in [6, 6.07) is 6.57. The molecule has 0 aliphatic carbocycles. The minimum Gasteiger partial charge on any atom is -0.444 e. The molecule has 1 rings (SSSR count). The van der Waals surface area contributed by atoms with Gasteiger partial charge in [0.05, 0.1) is 0 Å². The molecule has 30 heavy (non-hydrogen) atoms. The fourth-order valence-corrected chi connectivity index (χ4v) is 2.71. The minimum absolute atomic E-state index is 0.144. The number of hydrogen-bond acceptors (Lipinski definition) is 4. The van der Waals surface area contributed by atoms with Gasteiger partial charge in [0, 0.05) is 12.1 Å². The molecule has 0 bridgehead atoms. The van der Waals surface area contributed by atoms with E-state index in [2.05, 4.69) is 17.2 Å². The summed E-state index contributed by atoms with van der Waals surface area (Å²) in [6.45, 7) is 16.4. The summed E-state index contributed by atoms with van der Waals surface area (Å²) in [6.07, 6.45) is 0.858. The number of benzene rings is 1. The van der Waals surface area contributed by atoms with Gasteiger partial charge in [0.1, 0.15) is 18.2 Å². The maximum atomic E-state index is 13.1. The largest absolute Gasteiger partial charge is 0.444 e. The fourth-order valence-electron chi connectivity index (χ4n) is 2.71. The molecule has 0 spiro atoms. The molecule has 2 N–H and O–H groups in total. The molecule has 0 aliphatic heterocycles. The number of amides is 3. The summed E-state index contributed by atoms with van der Waals surface area (Å²) in [5.41, 5.74) is 0.569. The lowest BCUT2D eigenvalue weighted by Crippen LogP contribution is -2.51. The van der Waals surface area contributed by atoms with E-state index in [9.17, 15) is 14.4 Å². The molecule has 1 unspecified atom stereocenters. The first-order valence-corrected chi connectivity index (χ1v) is 9.99. The molecule has 0 heterocycles. The van der Waals surface area contributed by atoms with Crippen molar-refractivity contribution in [1.82, 2.24) is 15.5 Å². The highest BCUT2D eigenvalue weighted by atomic mass is 16.6. The summed E-state index contributed by atoms with van der Waals surface area (Å²) in [4.78, 5) is 39.5. The first-order chi connectivity index (χ1) is 13.7. The topological polar surface area (TPSA) is 87.7 Å². The first kappa shape index (κ1) is 25.2. The predicted octanol–water partition coefficient (Wildman–Crippen LogP) is 3.49. The van der Waals surface area contributed by atoms with Crippen molar-refractivity contribution >= 4 is 17.9 Å². The van der Waals surface area contributed by atoms with Crippen molar-refractivity contribution in [1.29, 1.82) is 0 Å². The molecular formula is C23H35N3O4. The SMILES string of the molecule is C=CCN(C(=O)CNC(=O)OC(C)(C)C)C(C(=O)NC(C)(C)C)c1ccc(C)cc1. The zero-order chi connectivity index (χ0) is 23.1. The van der Waals surface area contributed by atoms with Crippen LogP contribution in [0.5, 0.6) is 0 Å². The van der Waals surface area contributed by atoms with Crippen molar-refractivity contribution in [2.45, 2.75) is 65.6 Å². The normalized spacial score (nSPS) is 12.5. The zero-order valence-electron chi connectivity index (χ0n) is 19.2. The summed E-state index contributed by atoms with van der Waals surface area (Å²) in [5.74, 6) is -0.728. The number of hydrogen-bond donors (Lipinski definition) is 2. The molecule has 1 aromatic rings. The van der Waals surface area contributed by atoms with Gasteiger partial charge in [0.2, 0.25) is 11.8 Å². The van der Waals surface area contributed by atoms with E-state index in [1.54, 1.807) is 26.8 Å². The van der Waals surface area contributed by atoms with Gasteiger partial charge in [0.25, 0.3) is 0 Å². The number of nitrogens with one attached hydrogen (secondary N) is 2. The van der Waals surface area contributed by atoms with E-state index >= 15 is 0 Å². The van der Waals surface area contributed by atoms with Crippen molar-refractivity contribution in [3.05, 3.63) is 48.0 Å². The van der Waals surface area contributed by atoms with Crippen LogP contribution in [0.2, 0.25) is 0 Å². The van der Waals surface area contributed by atoms with Crippen LogP contribution in [-0.4, -0.2) is 47.0 Å². The number of carbonyl (C=O) groups excluding carboxylic acids is 3. The summed E-state index contributed by atoms with van der Waals surface area (Å²) >= 11 is 0. The van der Waals surface area contributed by atoms with Crippen LogP contribution in [0.15, 0.2) is 36.9 Å².